The topological polar surface area (TPSA) is 56.0 Å². The molecule has 0 saturated heterocycles. The van der Waals surface area contributed by atoms with Gasteiger partial charge in [-0.1, -0.05) is 31.2 Å². The molecule has 0 amide bonds. The Morgan fingerprint density at radius 3 is 2.40 bits per heavy atom. The van der Waals surface area contributed by atoms with Crippen LogP contribution < -0.4 is 5.32 Å². The van der Waals surface area contributed by atoms with Crippen molar-refractivity contribution in [3.8, 4) is 6.07 Å². The van der Waals surface area contributed by atoms with E-state index in [1.807, 2.05) is 31.2 Å². The lowest BCUT2D eigenvalue weighted by Gasteiger charge is -2.09. The molecule has 0 bridgehead atoms. The third kappa shape index (κ3) is 3.70. The second-order valence-electron chi connectivity index (χ2n) is 3.45. The van der Waals surface area contributed by atoms with E-state index in [1.54, 1.807) is 0 Å². The molecule has 1 rings (SSSR count). The molecule has 1 aromatic rings. The SMILES string of the molecule is CCC(C#N)NCc1ccc(CO)cc1. The van der Waals surface area contributed by atoms with E-state index in [4.69, 9.17) is 10.4 Å². The van der Waals surface area contributed by atoms with Gasteiger partial charge in [-0.25, -0.2) is 0 Å². The Kier molecular flexibility index (Phi) is 4.82. The van der Waals surface area contributed by atoms with Crippen LogP contribution in [0.4, 0.5) is 0 Å². The maximum Gasteiger partial charge on any atom is 0.0952 e. The smallest absolute Gasteiger partial charge is 0.0952 e. The number of aliphatic hydroxyl groups excluding tert-OH is 1. The van der Waals surface area contributed by atoms with Gasteiger partial charge >= 0.3 is 0 Å². The van der Waals surface area contributed by atoms with Crippen molar-refractivity contribution in [1.29, 1.82) is 5.26 Å². The molecule has 0 aliphatic carbocycles. The molecular formula is C12H16N2O. The van der Waals surface area contributed by atoms with Crippen molar-refractivity contribution in [3.63, 3.8) is 0 Å². The summed E-state index contributed by atoms with van der Waals surface area (Å²) in [4.78, 5) is 0. The van der Waals surface area contributed by atoms with E-state index in [1.165, 1.54) is 0 Å². The van der Waals surface area contributed by atoms with Gasteiger partial charge in [0, 0.05) is 6.54 Å². The Balaban J connectivity index is 2.48. The van der Waals surface area contributed by atoms with Crippen LogP contribution in [-0.2, 0) is 13.2 Å². The summed E-state index contributed by atoms with van der Waals surface area (Å²) < 4.78 is 0. The van der Waals surface area contributed by atoms with Gasteiger partial charge in [0.2, 0.25) is 0 Å². The van der Waals surface area contributed by atoms with E-state index in [9.17, 15) is 0 Å². The zero-order valence-corrected chi connectivity index (χ0v) is 8.90. The number of hydrogen-bond donors (Lipinski definition) is 2. The molecule has 0 fully saturated rings. The van der Waals surface area contributed by atoms with Gasteiger partial charge in [0.15, 0.2) is 0 Å². The maximum atomic E-state index is 8.86. The van der Waals surface area contributed by atoms with Crippen LogP contribution in [0.3, 0.4) is 0 Å². The molecular weight excluding hydrogens is 188 g/mol. The first kappa shape index (κ1) is 11.7. The number of nitriles is 1. The minimum absolute atomic E-state index is 0.0729. The molecule has 0 aliphatic heterocycles. The summed E-state index contributed by atoms with van der Waals surface area (Å²) in [7, 11) is 0. The van der Waals surface area contributed by atoms with Gasteiger partial charge in [-0.15, -0.1) is 0 Å². The summed E-state index contributed by atoms with van der Waals surface area (Å²) in [6.07, 6.45) is 0.811. The second kappa shape index (κ2) is 6.18. The standard InChI is InChI=1S/C12H16N2O/c1-2-12(7-13)14-8-10-3-5-11(9-15)6-4-10/h3-6,12,14-15H,2,8-9H2,1H3. The highest BCUT2D eigenvalue weighted by Crippen LogP contribution is 2.04. The lowest BCUT2D eigenvalue weighted by atomic mass is 10.1. The third-order valence-electron chi connectivity index (χ3n) is 2.32. The molecule has 0 aromatic heterocycles. The van der Waals surface area contributed by atoms with Gasteiger partial charge in [-0.3, -0.25) is 5.32 Å². The Morgan fingerprint density at radius 1 is 1.33 bits per heavy atom. The summed E-state index contributed by atoms with van der Waals surface area (Å²) in [5, 5.41) is 20.8. The molecule has 0 radical (unpaired) electrons. The Bertz CT molecular complexity index is 326. The molecule has 0 aliphatic rings. The Morgan fingerprint density at radius 2 is 1.93 bits per heavy atom. The van der Waals surface area contributed by atoms with Crippen molar-refractivity contribution in [1.82, 2.24) is 5.32 Å². The average Bonchev–Trinajstić information content (AvgIpc) is 2.31. The number of aliphatic hydroxyl groups is 1. The molecule has 15 heavy (non-hydrogen) atoms. The number of nitrogens with zero attached hydrogens (tertiary/aromatic N) is 1. The lowest BCUT2D eigenvalue weighted by molar-refractivity contribution is 0.282. The highest BCUT2D eigenvalue weighted by atomic mass is 16.3. The van der Waals surface area contributed by atoms with Crippen molar-refractivity contribution in [2.45, 2.75) is 32.5 Å². The van der Waals surface area contributed by atoms with E-state index in [-0.39, 0.29) is 12.6 Å². The second-order valence-corrected chi connectivity index (χ2v) is 3.45. The van der Waals surface area contributed by atoms with Gasteiger partial charge in [0.25, 0.3) is 0 Å². The Hall–Kier alpha value is -1.37. The van der Waals surface area contributed by atoms with E-state index in [0.717, 1.165) is 17.5 Å². The van der Waals surface area contributed by atoms with Gasteiger partial charge in [-0.05, 0) is 17.5 Å². The zero-order chi connectivity index (χ0) is 11.1. The molecule has 3 nitrogen and oxygen atoms in total. The first-order valence-electron chi connectivity index (χ1n) is 5.11. The molecule has 0 heterocycles. The zero-order valence-electron chi connectivity index (χ0n) is 8.90. The van der Waals surface area contributed by atoms with E-state index in [2.05, 4.69) is 11.4 Å². The Labute approximate surface area is 90.4 Å². The first-order valence-corrected chi connectivity index (χ1v) is 5.11. The molecule has 1 unspecified atom stereocenters. The number of rotatable bonds is 5. The van der Waals surface area contributed by atoms with Crippen LogP contribution in [0.2, 0.25) is 0 Å². The van der Waals surface area contributed by atoms with Crippen LogP contribution in [0.1, 0.15) is 24.5 Å². The van der Waals surface area contributed by atoms with Crippen molar-refractivity contribution in [2.24, 2.45) is 0 Å². The van der Waals surface area contributed by atoms with Crippen LogP contribution in [-0.4, -0.2) is 11.1 Å². The van der Waals surface area contributed by atoms with Crippen LogP contribution in [0.5, 0.6) is 0 Å². The molecule has 3 heteroatoms. The molecule has 1 atom stereocenters. The number of nitrogens with one attached hydrogen (secondary N) is 1. The summed E-state index contributed by atoms with van der Waals surface area (Å²) in [5.74, 6) is 0. The van der Waals surface area contributed by atoms with Crippen molar-refractivity contribution in [3.05, 3.63) is 35.4 Å². The highest BCUT2D eigenvalue weighted by Gasteiger charge is 2.02. The quantitative estimate of drug-likeness (QED) is 0.765. The van der Waals surface area contributed by atoms with E-state index >= 15 is 0 Å². The van der Waals surface area contributed by atoms with Crippen LogP contribution in [0.15, 0.2) is 24.3 Å². The van der Waals surface area contributed by atoms with Gasteiger partial charge in [-0.2, -0.15) is 5.26 Å². The largest absolute Gasteiger partial charge is 0.392 e. The molecule has 1 aromatic carbocycles. The predicted molar refractivity (Wildman–Crippen MR) is 58.9 cm³/mol. The van der Waals surface area contributed by atoms with E-state index < -0.39 is 0 Å². The van der Waals surface area contributed by atoms with Crippen LogP contribution in [0, 0.1) is 11.3 Å². The van der Waals surface area contributed by atoms with Crippen LogP contribution in [0.25, 0.3) is 0 Å². The van der Waals surface area contributed by atoms with Gasteiger partial charge < -0.3 is 5.11 Å². The minimum Gasteiger partial charge on any atom is -0.392 e. The minimum atomic E-state index is -0.0810. The normalized spacial score (nSPS) is 12.1. The number of hydrogen-bond acceptors (Lipinski definition) is 3. The summed E-state index contributed by atoms with van der Waals surface area (Å²) in [5.41, 5.74) is 2.03. The number of benzene rings is 1. The van der Waals surface area contributed by atoms with Crippen LogP contribution >= 0.6 is 0 Å². The van der Waals surface area contributed by atoms with Crippen molar-refractivity contribution in [2.75, 3.05) is 0 Å². The molecule has 0 saturated carbocycles. The summed E-state index contributed by atoms with van der Waals surface area (Å²) in [6, 6.07) is 9.82. The molecule has 80 valence electrons. The first-order chi connectivity index (χ1) is 7.30. The fourth-order valence-electron chi connectivity index (χ4n) is 1.28. The predicted octanol–water partition coefficient (Wildman–Crippen LogP) is 1.57. The van der Waals surface area contributed by atoms with Gasteiger partial charge in [0.1, 0.15) is 0 Å². The molecule has 0 spiro atoms. The summed E-state index contributed by atoms with van der Waals surface area (Å²) in [6.45, 7) is 2.75. The average molecular weight is 204 g/mol. The highest BCUT2D eigenvalue weighted by molar-refractivity contribution is 5.22. The third-order valence-corrected chi connectivity index (χ3v) is 2.32. The van der Waals surface area contributed by atoms with Crippen molar-refractivity contribution < 1.29 is 5.11 Å². The monoisotopic (exact) mass is 204 g/mol. The van der Waals surface area contributed by atoms with E-state index in [0.29, 0.717) is 6.54 Å². The fourth-order valence-corrected chi connectivity index (χ4v) is 1.28. The van der Waals surface area contributed by atoms with Gasteiger partial charge in [0.05, 0.1) is 18.7 Å². The molecule has 2 N–H and O–H groups in total. The van der Waals surface area contributed by atoms with Crippen molar-refractivity contribution >= 4 is 0 Å². The maximum absolute atomic E-state index is 8.86. The summed E-state index contributed by atoms with van der Waals surface area (Å²) >= 11 is 0. The fraction of sp³-hybridized carbons (Fsp3) is 0.417. The lowest BCUT2D eigenvalue weighted by Crippen LogP contribution is -2.26.